The van der Waals surface area contributed by atoms with Crippen LogP contribution in [0.15, 0.2) is 36.5 Å². The van der Waals surface area contributed by atoms with Crippen molar-refractivity contribution in [3.05, 3.63) is 36.5 Å². The number of fused-ring (bicyclic) bond motifs is 1. The second kappa shape index (κ2) is 7.30. The highest BCUT2D eigenvalue weighted by Gasteiger charge is 2.31. The molecule has 26 heavy (non-hydrogen) atoms. The Bertz CT molecular complexity index is 845. The van der Waals surface area contributed by atoms with E-state index in [-0.39, 0.29) is 11.9 Å². The molecular weight excluding hydrogens is 326 g/mol. The predicted molar refractivity (Wildman–Crippen MR) is 101 cm³/mol. The first-order valence-electron chi connectivity index (χ1n) is 9.26. The van der Waals surface area contributed by atoms with Crippen LogP contribution >= 0.6 is 0 Å². The Kier molecular flexibility index (Phi) is 4.72. The summed E-state index contributed by atoms with van der Waals surface area (Å²) < 4.78 is 0. The number of hydrogen-bond donors (Lipinski definition) is 1. The van der Waals surface area contributed by atoms with Crippen LogP contribution < -0.4 is 5.32 Å². The van der Waals surface area contributed by atoms with Crippen LogP contribution in [0.4, 0.5) is 5.69 Å². The maximum atomic E-state index is 12.5. The van der Waals surface area contributed by atoms with Gasteiger partial charge >= 0.3 is 0 Å². The van der Waals surface area contributed by atoms with Crippen molar-refractivity contribution >= 4 is 22.5 Å². The number of carbonyl (C=O) groups excluding carboxylic acids is 1. The number of nitriles is 1. The number of nitrogens with one attached hydrogen (secondary N) is 1. The Morgan fingerprint density at radius 3 is 3.08 bits per heavy atom. The van der Waals surface area contributed by atoms with Crippen LogP contribution in [0, 0.1) is 11.3 Å². The molecule has 1 amide bonds. The fraction of sp³-hybridized carbons (Fsp3) is 0.450. The van der Waals surface area contributed by atoms with Crippen LogP contribution in [0.25, 0.3) is 10.9 Å². The molecule has 6 heteroatoms. The average molecular weight is 349 g/mol. The Hall–Kier alpha value is -2.65. The van der Waals surface area contributed by atoms with E-state index in [1.54, 1.807) is 4.90 Å². The number of amides is 1. The van der Waals surface area contributed by atoms with Gasteiger partial charge in [0.2, 0.25) is 5.91 Å². The molecule has 1 aromatic carbocycles. The van der Waals surface area contributed by atoms with Crippen LogP contribution in [0.2, 0.25) is 0 Å². The largest absolute Gasteiger partial charge is 0.380 e. The molecule has 0 spiro atoms. The van der Waals surface area contributed by atoms with Crippen LogP contribution in [0.3, 0.4) is 0 Å². The molecule has 1 aromatic heterocycles. The zero-order valence-electron chi connectivity index (χ0n) is 14.8. The standard InChI is InChI=1S/C20H23N5O/c21-11-18-5-3-8-25(18)20(26)14-24-9-7-16(13-24)23-17-10-15-4-1-2-6-19(15)22-12-17/h1-2,4,6,10,12,16,18,23H,3,5,7-9,13-14H2/t16-,18-/m0/s1. The van der Waals surface area contributed by atoms with Gasteiger partial charge in [0.15, 0.2) is 0 Å². The van der Waals surface area contributed by atoms with E-state index in [9.17, 15) is 4.79 Å². The topological polar surface area (TPSA) is 72.3 Å². The minimum absolute atomic E-state index is 0.0853. The first-order valence-corrected chi connectivity index (χ1v) is 9.26. The molecular formula is C20H23N5O. The Morgan fingerprint density at radius 1 is 1.31 bits per heavy atom. The second-order valence-corrected chi connectivity index (χ2v) is 7.16. The molecule has 2 aromatic rings. The summed E-state index contributed by atoms with van der Waals surface area (Å²) in [5.74, 6) is 0.0853. The minimum Gasteiger partial charge on any atom is -0.380 e. The molecule has 2 fully saturated rings. The van der Waals surface area contributed by atoms with Crippen LogP contribution in [0.5, 0.6) is 0 Å². The number of nitrogens with zero attached hydrogens (tertiary/aromatic N) is 4. The number of rotatable bonds is 4. The van der Waals surface area contributed by atoms with E-state index in [1.165, 1.54) is 0 Å². The number of pyridine rings is 1. The van der Waals surface area contributed by atoms with Gasteiger partial charge in [0.05, 0.1) is 30.0 Å². The molecule has 2 atom stereocenters. The normalized spacial score (nSPS) is 23.3. The molecule has 2 aliphatic heterocycles. The molecule has 0 aliphatic carbocycles. The van der Waals surface area contributed by atoms with Gasteiger partial charge in [-0.15, -0.1) is 0 Å². The van der Waals surface area contributed by atoms with Crippen molar-refractivity contribution in [3.8, 4) is 6.07 Å². The highest BCUT2D eigenvalue weighted by molar-refractivity contribution is 5.81. The van der Waals surface area contributed by atoms with Crippen molar-refractivity contribution in [3.63, 3.8) is 0 Å². The lowest BCUT2D eigenvalue weighted by Crippen LogP contribution is -2.42. The van der Waals surface area contributed by atoms with Crippen LogP contribution in [-0.2, 0) is 4.79 Å². The lowest BCUT2D eigenvalue weighted by atomic mass is 10.2. The molecule has 0 radical (unpaired) electrons. The maximum absolute atomic E-state index is 12.5. The lowest BCUT2D eigenvalue weighted by Gasteiger charge is -2.23. The smallest absolute Gasteiger partial charge is 0.237 e. The van der Waals surface area contributed by atoms with Crippen molar-refractivity contribution in [2.24, 2.45) is 0 Å². The lowest BCUT2D eigenvalue weighted by molar-refractivity contribution is -0.132. The van der Waals surface area contributed by atoms with Crippen molar-refractivity contribution in [2.45, 2.75) is 31.3 Å². The van der Waals surface area contributed by atoms with Crippen molar-refractivity contribution in [2.75, 3.05) is 31.5 Å². The van der Waals surface area contributed by atoms with Crippen molar-refractivity contribution in [1.82, 2.24) is 14.8 Å². The average Bonchev–Trinajstić information content (AvgIpc) is 3.30. The predicted octanol–water partition coefficient (Wildman–Crippen LogP) is 2.24. The third-order valence-electron chi connectivity index (χ3n) is 5.31. The van der Waals surface area contributed by atoms with E-state index in [1.807, 2.05) is 24.4 Å². The number of benzene rings is 1. The number of hydrogen-bond acceptors (Lipinski definition) is 5. The number of aromatic nitrogens is 1. The summed E-state index contributed by atoms with van der Waals surface area (Å²) in [5.41, 5.74) is 2.01. The number of carbonyl (C=O) groups is 1. The number of likely N-dealkylation sites (tertiary alicyclic amines) is 2. The maximum Gasteiger partial charge on any atom is 0.237 e. The van der Waals surface area contributed by atoms with E-state index >= 15 is 0 Å². The Balaban J connectivity index is 1.33. The summed E-state index contributed by atoms with van der Waals surface area (Å²) in [6, 6.07) is 12.5. The zero-order valence-corrected chi connectivity index (χ0v) is 14.8. The summed E-state index contributed by atoms with van der Waals surface area (Å²) in [6.07, 6.45) is 4.62. The second-order valence-electron chi connectivity index (χ2n) is 7.16. The number of para-hydroxylation sites is 1. The van der Waals surface area contributed by atoms with E-state index in [4.69, 9.17) is 5.26 Å². The van der Waals surface area contributed by atoms with Gasteiger partial charge in [-0.1, -0.05) is 18.2 Å². The molecule has 134 valence electrons. The summed E-state index contributed by atoms with van der Waals surface area (Å²) in [7, 11) is 0. The quantitative estimate of drug-likeness (QED) is 0.916. The van der Waals surface area contributed by atoms with Crippen molar-refractivity contribution < 1.29 is 4.79 Å². The van der Waals surface area contributed by atoms with E-state index in [0.29, 0.717) is 12.6 Å². The molecule has 4 rings (SSSR count). The molecule has 3 heterocycles. The summed E-state index contributed by atoms with van der Waals surface area (Å²) in [4.78, 5) is 20.9. The van der Waals surface area contributed by atoms with Crippen molar-refractivity contribution in [1.29, 1.82) is 5.26 Å². The molecule has 1 N–H and O–H groups in total. The molecule has 0 saturated carbocycles. The molecule has 0 bridgehead atoms. The first-order chi connectivity index (χ1) is 12.7. The fourth-order valence-electron chi connectivity index (χ4n) is 3.96. The summed E-state index contributed by atoms with van der Waals surface area (Å²) >= 11 is 0. The summed E-state index contributed by atoms with van der Waals surface area (Å²) in [6.45, 7) is 2.86. The highest BCUT2D eigenvalue weighted by Crippen LogP contribution is 2.21. The fourth-order valence-corrected chi connectivity index (χ4v) is 3.96. The molecule has 2 saturated heterocycles. The zero-order chi connectivity index (χ0) is 17.9. The number of anilines is 1. The summed E-state index contributed by atoms with van der Waals surface area (Å²) in [5, 5.41) is 13.8. The Labute approximate surface area is 153 Å². The van der Waals surface area contributed by atoms with E-state index < -0.39 is 0 Å². The van der Waals surface area contributed by atoms with Gasteiger partial charge < -0.3 is 10.2 Å². The monoisotopic (exact) mass is 349 g/mol. The van der Waals surface area contributed by atoms with Gasteiger partial charge in [0.25, 0.3) is 0 Å². The molecule has 2 aliphatic rings. The molecule has 0 unspecified atom stereocenters. The Morgan fingerprint density at radius 2 is 2.19 bits per heavy atom. The SMILES string of the molecule is N#C[C@@H]1CCCN1C(=O)CN1CC[C@H](Nc2cnc3ccccc3c2)C1. The molecule has 6 nitrogen and oxygen atoms in total. The third-order valence-corrected chi connectivity index (χ3v) is 5.31. The first kappa shape index (κ1) is 16.8. The minimum atomic E-state index is -0.234. The van der Waals surface area contributed by atoms with Gasteiger partial charge in [0, 0.05) is 31.1 Å². The van der Waals surface area contributed by atoms with E-state index in [0.717, 1.165) is 55.5 Å². The van der Waals surface area contributed by atoms with E-state index in [2.05, 4.69) is 33.4 Å². The highest BCUT2D eigenvalue weighted by atomic mass is 16.2. The van der Waals surface area contributed by atoms with Gasteiger partial charge in [-0.05, 0) is 31.4 Å². The van der Waals surface area contributed by atoms with Gasteiger partial charge in [-0.2, -0.15) is 5.26 Å². The van der Waals surface area contributed by atoms with Crippen LogP contribution in [0.1, 0.15) is 19.3 Å². The van der Waals surface area contributed by atoms with Gasteiger partial charge in [-0.3, -0.25) is 14.7 Å². The third kappa shape index (κ3) is 3.49. The van der Waals surface area contributed by atoms with Gasteiger partial charge in [0.1, 0.15) is 6.04 Å². The van der Waals surface area contributed by atoms with Crippen LogP contribution in [-0.4, -0.2) is 59.0 Å². The van der Waals surface area contributed by atoms with Gasteiger partial charge in [-0.25, -0.2) is 0 Å².